The molecule has 0 N–H and O–H groups in total. The van der Waals surface area contributed by atoms with E-state index in [1.807, 2.05) is 0 Å². The Bertz CT molecular complexity index is 741. The average molecular weight is 276 g/mol. The van der Waals surface area contributed by atoms with Crippen molar-refractivity contribution in [1.82, 2.24) is 0 Å². The first-order valence-electron chi connectivity index (χ1n) is 7.90. The standard InChI is InChI=1S/C20H20O/c1-13-2-4-15-6-7-17(20(12-21)19(15)8-13)11-18-10-14-3-5-16(18)9-14/h2-8,12,14,16,18H,9-11H2,1H3. The van der Waals surface area contributed by atoms with Crippen LogP contribution in [0.1, 0.15) is 34.3 Å². The van der Waals surface area contributed by atoms with Gasteiger partial charge < -0.3 is 0 Å². The van der Waals surface area contributed by atoms with Crippen molar-refractivity contribution in [2.24, 2.45) is 17.8 Å². The van der Waals surface area contributed by atoms with Crippen molar-refractivity contribution in [2.75, 3.05) is 0 Å². The molecule has 1 fully saturated rings. The van der Waals surface area contributed by atoms with E-state index in [0.29, 0.717) is 0 Å². The molecule has 2 aliphatic rings. The Morgan fingerprint density at radius 1 is 1.14 bits per heavy atom. The van der Waals surface area contributed by atoms with Gasteiger partial charge in [-0.15, -0.1) is 0 Å². The summed E-state index contributed by atoms with van der Waals surface area (Å²) in [5.41, 5.74) is 3.35. The van der Waals surface area contributed by atoms with Crippen molar-refractivity contribution in [3.8, 4) is 0 Å². The number of hydrogen-bond donors (Lipinski definition) is 0. The lowest BCUT2D eigenvalue weighted by Crippen LogP contribution is -2.11. The number of hydrogen-bond acceptors (Lipinski definition) is 1. The smallest absolute Gasteiger partial charge is 0.150 e. The highest BCUT2D eigenvalue weighted by atomic mass is 16.1. The molecule has 2 aromatic carbocycles. The van der Waals surface area contributed by atoms with Gasteiger partial charge in [-0.25, -0.2) is 0 Å². The van der Waals surface area contributed by atoms with Crippen molar-refractivity contribution in [1.29, 1.82) is 0 Å². The summed E-state index contributed by atoms with van der Waals surface area (Å²) in [7, 11) is 0. The molecule has 0 spiro atoms. The second-order valence-corrected chi connectivity index (χ2v) is 6.73. The number of carbonyl (C=O) groups is 1. The van der Waals surface area contributed by atoms with E-state index in [9.17, 15) is 4.79 Å². The second kappa shape index (κ2) is 4.84. The van der Waals surface area contributed by atoms with Crippen LogP contribution in [0.2, 0.25) is 0 Å². The van der Waals surface area contributed by atoms with Gasteiger partial charge in [-0.1, -0.05) is 48.0 Å². The van der Waals surface area contributed by atoms with Crippen LogP contribution in [0.25, 0.3) is 10.8 Å². The van der Waals surface area contributed by atoms with Crippen LogP contribution in [0.3, 0.4) is 0 Å². The maximum absolute atomic E-state index is 11.7. The molecule has 106 valence electrons. The molecule has 3 atom stereocenters. The first-order chi connectivity index (χ1) is 10.2. The Morgan fingerprint density at radius 3 is 2.71 bits per heavy atom. The zero-order valence-electron chi connectivity index (χ0n) is 12.4. The van der Waals surface area contributed by atoms with Crippen molar-refractivity contribution in [2.45, 2.75) is 26.2 Å². The third-order valence-electron chi connectivity index (χ3n) is 5.33. The van der Waals surface area contributed by atoms with E-state index in [2.05, 4.69) is 49.4 Å². The molecule has 0 heterocycles. The quantitative estimate of drug-likeness (QED) is 0.586. The monoisotopic (exact) mass is 276 g/mol. The van der Waals surface area contributed by atoms with Crippen LogP contribution >= 0.6 is 0 Å². The van der Waals surface area contributed by atoms with Gasteiger partial charge in [0.2, 0.25) is 0 Å². The fourth-order valence-corrected chi connectivity index (χ4v) is 4.23. The maximum Gasteiger partial charge on any atom is 0.150 e. The molecule has 21 heavy (non-hydrogen) atoms. The summed E-state index contributed by atoms with van der Waals surface area (Å²) in [6.07, 6.45) is 9.50. The van der Waals surface area contributed by atoms with Crippen LogP contribution in [0.15, 0.2) is 42.5 Å². The Labute approximate surface area is 125 Å². The first kappa shape index (κ1) is 12.8. The lowest BCUT2D eigenvalue weighted by Gasteiger charge is -2.19. The SMILES string of the molecule is Cc1ccc2ccc(CC3CC4C=CC3C4)c(C=O)c2c1. The lowest BCUT2D eigenvalue weighted by molar-refractivity contribution is 0.112. The summed E-state index contributed by atoms with van der Waals surface area (Å²) in [4.78, 5) is 11.7. The summed E-state index contributed by atoms with van der Waals surface area (Å²) in [5.74, 6) is 2.26. The third kappa shape index (κ3) is 2.12. The van der Waals surface area contributed by atoms with Crippen molar-refractivity contribution >= 4 is 17.1 Å². The summed E-state index contributed by atoms with van der Waals surface area (Å²) in [6, 6.07) is 10.7. The Morgan fingerprint density at radius 2 is 2.00 bits per heavy atom. The summed E-state index contributed by atoms with van der Waals surface area (Å²) < 4.78 is 0. The topological polar surface area (TPSA) is 17.1 Å². The molecule has 4 rings (SSSR count). The molecular weight excluding hydrogens is 256 g/mol. The number of benzene rings is 2. The van der Waals surface area contributed by atoms with Gasteiger partial charge in [-0.3, -0.25) is 4.79 Å². The number of aryl methyl sites for hydroxylation is 1. The zero-order valence-corrected chi connectivity index (χ0v) is 12.4. The highest BCUT2D eigenvalue weighted by molar-refractivity contribution is 5.99. The van der Waals surface area contributed by atoms with Crippen LogP contribution in [-0.2, 0) is 6.42 Å². The van der Waals surface area contributed by atoms with E-state index < -0.39 is 0 Å². The Balaban J connectivity index is 1.74. The number of carbonyl (C=O) groups excluding carboxylic acids is 1. The van der Waals surface area contributed by atoms with Crippen LogP contribution in [0.5, 0.6) is 0 Å². The van der Waals surface area contributed by atoms with Crippen LogP contribution in [0.4, 0.5) is 0 Å². The fourth-order valence-electron chi connectivity index (χ4n) is 4.23. The van der Waals surface area contributed by atoms with E-state index >= 15 is 0 Å². The van der Waals surface area contributed by atoms with E-state index in [0.717, 1.165) is 41.4 Å². The minimum atomic E-state index is 0.723. The number of allylic oxidation sites excluding steroid dienone is 2. The Kier molecular flexibility index (Phi) is 2.95. The molecular formula is C20H20O. The average Bonchev–Trinajstić information content (AvgIpc) is 3.09. The van der Waals surface area contributed by atoms with Crippen molar-refractivity contribution < 1.29 is 4.79 Å². The molecule has 1 heteroatoms. The van der Waals surface area contributed by atoms with E-state index in [4.69, 9.17) is 0 Å². The third-order valence-corrected chi connectivity index (χ3v) is 5.33. The normalized spacial score (nSPS) is 26.6. The van der Waals surface area contributed by atoms with Gasteiger partial charge >= 0.3 is 0 Å². The summed E-state index contributed by atoms with van der Waals surface area (Å²) in [5, 5.41) is 2.28. The Hall–Kier alpha value is -1.89. The molecule has 0 radical (unpaired) electrons. The molecule has 1 saturated carbocycles. The molecule has 0 aliphatic heterocycles. The van der Waals surface area contributed by atoms with Gasteiger partial charge in [-0.05, 0) is 60.3 Å². The van der Waals surface area contributed by atoms with Crippen LogP contribution in [-0.4, -0.2) is 6.29 Å². The van der Waals surface area contributed by atoms with Gasteiger partial charge in [0.25, 0.3) is 0 Å². The van der Waals surface area contributed by atoms with Crippen molar-refractivity contribution in [3.05, 3.63) is 59.2 Å². The summed E-state index contributed by atoms with van der Waals surface area (Å²) in [6.45, 7) is 2.08. The van der Waals surface area contributed by atoms with Gasteiger partial charge in [0, 0.05) is 5.56 Å². The predicted octanol–water partition coefficient (Wildman–Crippen LogP) is 4.72. The van der Waals surface area contributed by atoms with Crippen LogP contribution in [0, 0.1) is 24.7 Å². The van der Waals surface area contributed by atoms with E-state index in [1.54, 1.807) is 0 Å². The maximum atomic E-state index is 11.7. The zero-order chi connectivity index (χ0) is 14.4. The van der Waals surface area contributed by atoms with E-state index in [-0.39, 0.29) is 0 Å². The highest BCUT2D eigenvalue weighted by Crippen LogP contribution is 2.45. The molecule has 3 unspecified atom stereocenters. The molecule has 0 amide bonds. The fraction of sp³-hybridized carbons (Fsp3) is 0.350. The van der Waals surface area contributed by atoms with Gasteiger partial charge in [-0.2, -0.15) is 0 Å². The minimum absolute atomic E-state index is 0.723. The number of rotatable bonds is 3. The second-order valence-electron chi connectivity index (χ2n) is 6.73. The number of fused-ring (bicyclic) bond motifs is 3. The molecule has 1 nitrogen and oxygen atoms in total. The molecule has 0 saturated heterocycles. The minimum Gasteiger partial charge on any atom is -0.298 e. The summed E-state index contributed by atoms with van der Waals surface area (Å²) >= 11 is 0. The van der Waals surface area contributed by atoms with Gasteiger partial charge in [0.1, 0.15) is 0 Å². The largest absolute Gasteiger partial charge is 0.298 e. The molecule has 0 aromatic heterocycles. The van der Waals surface area contributed by atoms with E-state index in [1.165, 1.54) is 29.4 Å². The van der Waals surface area contributed by atoms with Crippen molar-refractivity contribution in [3.63, 3.8) is 0 Å². The van der Waals surface area contributed by atoms with Gasteiger partial charge in [0.05, 0.1) is 0 Å². The van der Waals surface area contributed by atoms with Crippen LogP contribution < -0.4 is 0 Å². The molecule has 2 aromatic rings. The molecule has 2 bridgehead atoms. The van der Waals surface area contributed by atoms with Gasteiger partial charge in [0.15, 0.2) is 6.29 Å². The lowest BCUT2D eigenvalue weighted by atomic mass is 9.85. The number of aldehydes is 1. The first-order valence-corrected chi connectivity index (χ1v) is 7.90. The highest BCUT2D eigenvalue weighted by Gasteiger charge is 2.35. The molecule has 2 aliphatic carbocycles. The predicted molar refractivity (Wildman–Crippen MR) is 86.6 cm³/mol.